The quantitative estimate of drug-likeness (QED) is 0.822. The van der Waals surface area contributed by atoms with Crippen LogP contribution in [0, 0.1) is 11.3 Å². The van der Waals surface area contributed by atoms with Gasteiger partial charge in [-0.05, 0) is 42.5 Å². The van der Waals surface area contributed by atoms with Gasteiger partial charge in [-0.3, -0.25) is 14.4 Å². The smallest absolute Gasteiger partial charge is 0.226 e. The molecule has 138 valence electrons. The molecule has 0 saturated carbocycles. The first-order chi connectivity index (χ1) is 12.9. The van der Waals surface area contributed by atoms with Crippen LogP contribution in [0.15, 0.2) is 48.5 Å². The number of carbonyl (C=O) groups is 3. The first-order valence-electron chi connectivity index (χ1n) is 8.35. The highest BCUT2D eigenvalue weighted by molar-refractivity contribution is 5.95. The third kappa shape index (κ3) is 5.97. The van der Waals surface area contributed by atoms with E-state index in [9.17, 15) is 14.4 Å². The Hall–Kier alpha value is -3.66. The van der Waals surface area contributed by atoms with E-state index in [1.807, 2.05) is 6.07 Å². The highest BCUT2D eigenvalue weighted by Crippen LogP contribution is 2.17. The number of carbonyl (C=O) groups excluding carboxylic acids is 3. The van der Waals surface area contributed by atoms with Gasteiger partial charge in [0.15, 0.2) is 0 Å². The Morgan fingerprint density at radius 2 is 1.63 bits per heavy atom. The number of nitrogens with zero attached hydrogens (tertiary/aromatic N) is 2. The Bertz CT molecular complexity index is 885. The van der Waals surface area contributed by atoms with Crippen molar-refractivity contribution in [2.24, 2.45) is 0 Å². The van der Waals surface area contributed by atoms with Gasteiger partial charge in [-0.25, -0.2) is 0 Å². The van der Waals surface area contributed by atoms with Crippen LogP contribution in [0.25, 0.3) is 0 Å². The first kappa shape index (κ1) is 19.7. The van der Waals surface area contributed by atoms with Gasteiger partial charge in [0.2, 0.25) is 17.7 Å². The van der Waals surface area contributed by atoms with Crippen LogP contribution < -0.4 is 15.5 Å². The lowest BCUT2D eigenvalue weighted by molar-refractivity contribution is -0.117. The number of amides is 3. The first-order valence-corrected chi connectivity index (χ1v) is 8.35. The zero-order valence-corrected chi connectivity index (χ0v) is 15.2. The van der Waals surface area contributed by atoms with Crippen molar-refractivity contribution < 1.29 is 14.4 Å². The number of benzene rings is 2. The predicted molar refractivity (Wildman–Crippen MR) is 103 cm³/mol. The number of rotatable bonds is 6. The maximum atomic E-state index is 12.2. The summed E-state index contributed by atoms with van der Waals surface area (Å²) in [7, 11) is 0. The molecular formula is C20H20N4O3. The van der Waals surface area contributed by atoms with E-state index >= 15 is 0 Å². The number of hydrogen-bond donors (Lipinski definition) is 2. The minimum Gasteiger partial charge on any atom is -0.326 e. The van der Waals surface area contributed by atoms with E-state index in [0.717, 1.165) is 0 Å². The average molecular weight is 364 g/mol. The Labute approximate surface area is 157 Å². The molecule has 0 aliphatic rings. The van der Waals surface area contributed by atoms with Crippen LogP contribution in [0.4, 0.5) is 17.1 Å². The Morgan fingerprint density at radius 3 is 2.19 bits per heavy atom. The van der Waals surface area contributed by atoms with E-state index in [1.165, 1.54) is 18.7 Å². The third-order valence-corrected chi connectivity index (χ3v) is 3.72. The fourth-order valence-electron chi connectivity index (χ4n) is 2.50. The van der Waals surface area contributed by atoms with Crippen LogP contribution >= 0.6 is 0 Å². The normalized spacial score (nSPS) is 9.81. The molecule has 2 rings (SSSR count). The molecule has 2 aromatic rings. The summed E-state index contributed by atoms with van der Waals surface area (Å²) in [5.74, 6) is -0.645. The van der Waals surface area contributed by atoms with Crippen molar-refractivity contribution in [3.8, 4) is 6.07 Å². The maximum absolute atomic E-state index is 12.2. The van der Waals surface area contributed by atoms with Crippen LogP contribution in [-0.4, -0.2) is 24.3 Å². The predicted octanol–water partition coefficient (Wildman–Crippen LogP) is 2.90. The zero-order valence-electron chi connectivity index (χ0n) is 15.2. The third-order valence-electron chi connectivity index (χ3n) is 3.72. The Morgan fingerprint density at radius 1 is 1.00 bits per heavy atom. The summed E-state index contributed by atoms with van der Waals surface area (Å²) < 4.78 is 0. The van der Waals surface area contributed by atoms with Crippen LogP contribution in [-0.2, 0) is 14.4 Å². The molecule has 0 saturated heterocycles. The van der Waals surface area contributed by atoms with Crippen molar-refractivity contribution in [3.63, 3.8) is 0 Å². The van der Waals surface area contributed by atoms with Gasteiger partial charge >= 0.3 is 0 Å². The Kier molecular flexibility index (Phi) is 6.67. The van der Waals surface area contributed by atoms with Crippen molar-refractivity contribution in [3.05, 3.63) is 54.1 Å². The molecule has 0 bridgehead atoms. The molecule has 0 aliphatic heterocycles. The van der Waals surface area contributed by atoms with E-state index in [-0.39, 0.29) is 30.7 Å². The Balaban J connectivity index is 1.98. The maximum Gasteiger partial charge on any atom is 0.226 e. The molecular weight excluding hydrogens is 344 g/mol. The summed E-state index contributed by atoms with van der Waals surface area (Å²) in [6, 6.07) is 15.4. The molecule has 0 radical (unpaired) electrons. The second kappa shape index (κ2) is 9.15. The number of nitrogens with one attached hydrogen (secondary N) is 2. The van der Waals surface area contributed by atoms with Crippen LogP contribution in [0.3, 0.4) is 0 Å². The summed E-state index contributed by atoms with van der Waals surface area (Å²) >= 11 is 0. The number of hydrogen-bond acceptors (Lipinski definition) is 4. The van der Waals surface area contributed by atoms with Gasteiger partial charge < -0.3 is 15.5 Å². The minimum absolute atomic E-state index is 0.101. The van der Waals surface area contributed by atoms with Gasteiger partial charge in [-0.15, -0.1) is 0 Å². The average Bonchev–Trinajstić information content (AvgIpc) is 2.62. The zero-order chi connectivity index (χ0) is 19.8. The van der Waals surface area contributed by atoms with Gasteiger partial charge in [-0.2, -0.15) is 5.26 Å². The second-order valence-electron chi connectivity index (χ2n) is 5.89. The van der Waals surface area contributed by atoms with E-state index < -0.39 is 0 Å². The van der Waals surface area contributed by atoms with Gasteiger partial charge in [0.1, 0.15) is 0 Å². The molecule has 0 atom stereocenters. The topological polar surface area (TPSA) is 102 Å². The molecule has 2 N–H and O–H groups in total. The summed E-state index contributed by atoms with van der Waals surface area (Å²) in [4.78, 5) is 36.7. The van der Waals surface area contributed by atoms with Crippen molar-refractivity contribution >= 4 is 34.8 Å². The molecule has 27 heavy (non-hydrogen) atoms. The molecule has 2 aromatic carbocycles. The minimum atomic E-state index is -0.255. The van der Waals surface area contributed by atoms with Crippen molar-refractivity contribution in [1.82, 2.24) is 0 Å². The van der Waals surface area contributed by atoms with Gasteiger partial charge in [0, 0.05) is 43.9 Å². The van der Waals surface area contributed by atoms with Crippen molar-refractivity contribution in [2.45, 2.75) is 20.3 Å². The summed E-state index contributed by atoms with van der Waals surface area (Å²) in [5, 5.41) is 14.3. The number of nitriles is 1. The molecule has 0 heterocycles. The fraction of sp³-hybridized carbons (Fsp3) is 0.200. The van der Waals surface area contributed by atoms with E-state index in [4.69, 9.17) is 5.26 Å². The van der Waals surface area contributed by atoms with Gasteiger partial charge in [0.05, 0.1) is 11.6 Å². The molecule has 3 amide bonds. The molecule has 0 aromatic heterocycles. The van der Waals surface area contributed by atoms with Gasteiger partial charge in [-0.1, -0.05) is 6.07 Å². The van der Waals surface area contributed by atoms with E-state index in [0.29, 0.717) is 22.6 Å². The fourth-order valence-corrected chi connectivity index (χ4v) is 2.50. The van der Waals surface area contributed by atoms with Crippen LogP contribution in [0.1, 0.15) is 25.8 Å². The van der Waals surface area contributed by atoms with Gasteiger partial charge in [0.25, 0.3) is 0 Å². The van der Waals surface area contributed by atoms with E-state index in [2.05, 4.69) is 10.6 Å². The number of anilines is 3. The lowest BCUT2D eigenvalue weighted by atomic mass is 10.2. The highest BCUT2D eigenvalue weighted by atomic mass is 16.2. The summed E-state index contributed by atoms with van der Waals surface area (Å²) in [6.07, 6.45) is 0.101. The van der Waals surface area contributed by atoms with E-state index in [1.54, 1.807) is 48.5 Å². The second-order valence-corrected chi connectivity index (χ2v) is 5.89. The molecule has 7 heteroatoms. The largest absolute Gasteiger partial charge is 0.326 e. The van der Waals surface area contributed by atoms with Crippen LogP contribution in [0.5, 0.6) is 0 Å². The monoisotopic (exact) mass is 364 g/mol. The highest BCUT2D eigenvalue weighted by Gasteiger charge is 2.14. The molecule has 0 unspecified atom stereocenters. The lowest BCUT2D eigenvalue weighted by Gasteiger charge is -2.21. The SMILES string of the molecule is CC(=O)Nc1cccc(NC(=O)CCN(C(C)=O)c2ccc(C#N)cc2)c1. The summed E-state index contributed by atoms with van der Waals surface area (Å²) in [6.45, 7) is 3.04. The lowest BCUT2D eigenvalue weighted by Crippen LogP contribution is -2.31. The molecule has 0 spiro atoms. The van der Waals surface area contributed by atoms with Crippen molar-refractivity contribution in [2.75, 3.05) is 22.1 Å². The van der Waals surface area contributed by atoms with Crippen molar-refractivity contribution in [1.29, 1.82) is 5.26 Å². The molecule has 0 aliphatic carbocycles. The molecule has 0 fully saturated rings. The van der Waals surface area contributed by atoms with Crippen LogP contribution in [0.2, 0.25) is 0 Å². The molecule has 7 nitrogen and oxygen atoms in total. The standard InChI is InChI=1S/C20H20N4O3/c1-14(25)22-17-4-3-5-18(12-17)23-20(27)10-11-24(15(2)26)19-8-6-16(13-21)7-9-19/h3-9,12H,10-11H2,1-2H3,(H,22,25)(H,23,27). The summed E-state index contributed by atoms with van der Waals surface area (Å²) in [5.41, 5.74) is 2.27.